The van der Waals surface area contributed by atoms with Crippen molar-refractivity contribution in [3.63, 3.8) is 0 Å². The molecule has 0 fully saturated rings. The number of anilines is 1. The minimum Gasteiger partial charge on any atom is -0.326 e. The van der Waals surface area contributed by atoms with Crippen LogP contribution in [0.1, 0.15) is 5.56 Å². The van der Waals surface area contributed by atoms with Crippen LogP contribution in [0, 0.1) is 0 Å². The number of aromatic nitrogens is 1. The quantitative estimate of drug-likeness (QED) is 0.655. The number of hydrogen-bond acceptors (Lipinski definition) is 2. The largest absolute Gasteiger partial charge is 0.418 e. The minimum absolute atomic E-state index is 0.0754. The van der Waals surface area contributed by atoms with Gasteiger partial charge in [-0.2, -0.15) is 13.2 Å². The summed E-state index contributed by atoms with van der Waals surface area (Å²) in [5.41, 5.74) is -1.75. The van der Waals surface area contributed by atoms with Crippen molar-refractivity contribution in [2.24, 2.45) is 0 Å². The Kier molecular flexibility index (Phi) is 3.41. The van der Waals surface area contributed by atoms with Crippen LogP contribution in [-0.4, -0.2) is 11.4 Å². The Bertz CT molecular complexity index is 395. The van der Waals surface area contributed by atoms with Crippen LogP contribution in [-0.2, 0) is 11.0 Å². The summed E-state index contributed by atoms with van der Waals surface area (Å²) >= 11 is 10.7. The topological polar surface area (TPSA) is 42.0 Å². The summed E-state index contributed by atoms with van der Waals surface area (Å²) in [6.45, 7) is 0. The minimum atomic E-state index is -4.67. The molecule has 82 valence electrons. The van der Waals surface area contributed by atoms with E-state index in [1.165, 1.54) is 0 Å². The van der Waals surface area contributed by atoms with Crippen molar-refractivity contribution in [1.29, 1.82) is 0 Å². The molecule has 1 aromatic heterocycles. The molecule has 15 heavy (non-hydrogen) atoms. The Labute approximate surface area is 92.2 Å². The lowest BCUT2D eigenvalue weighted by Gasteiger charge is -2.12. The van der Waals surface area contributed by atoms with E-state index in [0.717, 1.165) is 0 Å². The summed E-state index contributed by atoms with van der Waals surface area (Å²) in [5, 5.41) is 0.913. The van der Waals surface area contributed by atoms with Gasteiger partial charge in [0.25, 0.3) is 0 Å². The van der Waals surface area contributed by atoms with Gasteiger partial charge in [-0.15, -0.1) is 0 Å². The standard InChI is InChI=1S/C7H3Cl2F3N2O/c8-4-1-3(7(10,11)12)5(13-2-15)6(9)14-4/h1-2H,(H,13,15). The van der Waals surface area contributed by atoms with Gasteiger partial charge < -0.3 is 5.32 Å². The lowest BCUT2D eigenvalue weighted by molar-refractivity contribution is -0.137. The molecule has 0 aliphatic carbocycles. The van der Waals surface area contributed by atoms with E-state index in [-0.39, 0.29) is 6.41 Å². The number of hydrogen-bond donors (Lipinski definition) is 1. The van der Waals surface area contributed by atoms with Crippen molar-refractivity contribution in [3.05, 3.63) is 21.9 Å². The predicted octanol–water partition coefficient (Wildman–Crippen LogP) is 2.98. The summed E-state index contributed by atoms with van der Waals surface area (Å²) in [7, 11) is 0. The first kappa shape index (κ1) is 12.1. The second-order valence-electron chi connectivity index (χ2n) is 2.42. The number of rotatable bonds is 2. The number of halogens is 5. The first-order chi connectivity index (χ1) is 6.86. The number of carbonyl (C=O) groups excluding carboxylic acids is 1. The van der Waals surface area contributed by atoms with E-state index >= 15 is 0 Å². The van der Waals surface area contributed by atoms with Crippen LogP contribution >= 0.6 is 23.2 Å². The van der Waals surface area contributed by atoms with E-state index in [0.29, 0.717) is 6.07 Å². The van der Waals surface area contributed by atoms with Crippen molar-refractivity contribution in [1.82, 2.24) is 4.98 Å². The number of carbonyl (C=O) groups is 1. The van der Waals surface area contributed by atoms with E-state index in [1.54, 1.807) is 0 Å². The normalized spacial score (nSPS) is 11.3. The van der Waals surface area contributed by atoms with Crippen LogP contribution in [0.2, 0.25) is 10.3 Å². The summed E-state index contributed by atoms with van der Waals surface area (Å²) in [6.07, 6.45) is -4.59. The Balaban J connectivity index is 3.39. The van der Waals surface area contributed by atoms with Gasteiger partial charge in [-0.05, 0) is 6.07 Å². The SMILES string of the molecule is O=CNc1c(C(F)(F)F)cc(Cl)nc1Cl. The molecule has 0 radical (unpaired) electrons. The third-order valence-corrected chi connectivity index (χ3v) is 1.92. The van der Waals surface area contributed by atoms with Gasteiger partial charge in [0.05, 0.1) is 11.3 Å². The van der Waals surface area contributed by atoms with Crippen molar-refractivity contribution < 1.29 is 18.0 Å². The monoisotopic (exact) mass is 258 g/mol. The molecule has 1 aromatic rings. The molecule has 0 unspecified atom stereocenters. The zero-order valence-electron chi connectivity index (χ0n) is 6.90. The maximum absolute atomic E-state index is 12.4. The third-order valence-electron chi connectivity index (χ3n) is 1.45. The molecular formula is C7H3Cl2F3N2O. The van der Waals surface area contributed by atoms with E-state index in [1.807, 2.05) is 5.32 Å². The highest BCUT2D eigenvalue weighted by atomic mass is 35.5. The molecule has 0 aromatic carbocycles. The molecule has 1 amide bonds. The Morgan fingerprint density at radius 1 is 1.40 bits per heavy atom. The van der Waals surface area contributed by atoms with Crippen LogP contribution in [0.5, 0.6) is 0 Å². The fraction of sp³-hybridized carbons (Fsp3) is 0.143. The van der Waals surface area contributed by atoms with E-state index in [9.17, 15) is 18.0 Å². The fourth-order valence-corrected chi connectivity index (χ4v) is 1.39. The number of amides is 1. The molecular weight excluding hydrogens is 256 g/mol. The van der Waals surface area contributed by atoms with Gasteiger partial charge in [-0.25, -0.2) is 4.98 Å². The van der Waals surface area contributed by atoms with Crippen LogP contribution in [0.25, 0.3) is 0 Å². The van der Waals surface area contributed by atoms with Gasteiger partial charge in [0, 0.05) is 0 Å². The smallest absolute Gasteiger partial charge is 0.326 e. The highest BCUT2D eigenvalue weighted by Crippen LogP contribution is 2.38. The highest BCUT2D eigenvalue weighted by molar-refractivity contribution is 6.34. The summed E-state index contributed by atoms with van der Waals surface area (Å²) < 4.78 is 37.3. The van der Waals surface area contributed by atoms with Crippen LogP contribution < -0.4 is 5.32 Å². The van der Waals surface area contributed by atoms with Gasteiger partial charge in [0.2, 0.25) is 6.41 Å². The van der Waals surface area contributed by atoms with Gasteiger partial charge in [-0.1, -0.05) is 23.2 Å². The number of alkyl halides is 3. The van der Waals surface area contributed by atoms with E-state index in [2.05, 4.69) is 4.98 Å². The second-order valence-corrected chi connectivity index (χ2v) is 3.16. The van der Waals surface area contributed by atoms with Crippen molar-refractivity contribution in [2.45, 2.75) is 6.18 Å². The van der Waals surface area contributed by atoms with Crippen LogP contribution in [0.15, 0.2) is 6.07 Å². The zero-order chi connectivity index (χ0) is 11.6. The van der Waals surface area contributed by atoms with Crippen LogP contribution in [0.4, 0.5) is 18.9 Å². The van der Waals surface area contributed by atoms with E-state index in [4.69, 9.17) is 23.2 Å². The van der Waals surface area contributed by atoms with Gasteiger partial charge in [0.1, 0.15) is 5.15 Å². The molecule has 0 saturated heterocycles. The van der Waals surface area contributed by atoms with Crippen LogP contribution in [0.3, 0.4) is 0 Å². The number of nitrogens with zero attached hydrogens (tertiary/aromatic N) is 1. The molecule has 0 spiro atoms. The number of pyridine rings is 1. The lowest BCUT2D eigenvalue weighted by Crippen LogP contribution is -2.11. The molecule has 1 rings (SSSR count). The molecule has 0 aliphatic rings. The second kappa shape index (κ2) is 4.24. The Morgan fingerprint density at radius 3 is 2.47 bits per heavy atom. The van der Waals surface area contributed by atoms with E-state index < -0.39 is 27.7 Å². The molecule has 0 saturated carbocycles. The molecule has 1 N–H and O–H groups in total. The molecule has 0 atom stereocenters. The van der Waals surface area contributed by atoms with Gasteiger partial charge in [0.15, 0.2) is 5.15 Å². The first-order valence-corrected chi connectivity index (χ1v) is 4.25. The molecule has 0 aliphatic heterocycles. The average molecular weight is 259 g/mol. The summed E-state index contributed by atoms with van der Waals surface area (Å²) in [6, 6.07) is 0.583. The Morgan fingerprint density at radius 2 is 2.00 bits per heavy atom. The highest BCUT2D eigenvalue weighted by Gasteiger charge is 2.35. The Hall–Kier alpha value is -1.01. The van der Waals surface area contributed by atoms with Gasteiger partial charge >= 0.3 is 6.18 Å². The fourth-order valence-electron chi connectivity index (χ4n) is 0.904. The predicted molar refractivity (Wildman–Crippen MR) is 48.9 cm³/mol. The maximum Gasteiger partial charge on any atom is 0.418 e. The lowest BCUT2D eigenvalue weighted by atomic mass is 10.2. The maximum atomic E-state index is 12.4. The first-order valence-electron chi connectivity index (χ1n) is 3.49. The van der Waals surface area contributed by atoms with Crippen molar-refractivity contribution in [3.8, 4) is 0 Å². The van der Waals surface area contributed by atoms with Crippen molar-refractivity contribution >= 4 is 35.3 Å². The number of nitrogens with one attached hydrogen (secondary N) is 1. The molecule has 3 nitrogen and oxygen atoms in total. The van der Waals surface area contributed by atoms with Crippen molar-refractivity contribution in [2.75, 3.05) is 5.32 Å². The molecule has 1 heterocycles. The molecule has 0 bridgehead atoms. The average Bonchev–Trinajstić information content (AvgIpc) is 2.07. The summed E-state index contributed by atoms with van der Waals surface area (Å²) in [4.78, 5) is 13.5. The third kappa shape index (κ3) is 2.73. The summed E-state index contributed by atoms with van der Waals surface area (Å²) in [5.74, 6) is 0. The van der Waals surface area contributed by atoms with Gasteiger partial charge in [-0.3, -0.25) is 4.79 Å². The zero-order valence-corrected chi connectivity index (χ0v) is 8.41. The molecule has 8 heteroatoms.